The quantitative estimate of drug-likeness (QED) is 0.891. The van der Waals surface area contributed by atoms with Gasteiger partial charge in [0, 0.05) is 17.8 Å². The first-order valence-corrected chi connectivity index (χ1v) is 8.82. The van der Waals surface area contributed by atoms with Crippen molar-refractivity contribution in [3.63, 3.8) is 0 Å². The van der Waals surface area contributed by atoms with E-state index in [1.807, 2.05) is 42.2 Å². The third-order valence-corrected chi connectivity index (χ3v) is 6.04. The summed E-state index contributed by atoms with van der Waals surface area (Å²) in [5.74, 6) is 2.58. The highest BCUT2D eigenvalue weighted by atomic mass is 16.2. The molecule has 5 rings (SSSR count). The molecule has 4 aliphatic rings. The Bertz CT molecular complexity index is 519. The molecule has 0 radical (unpaired) electrons. The molecule has 1 N–H and O–H groups in total. The van der Waals surface area contributed by atoms with Gasteiger partial charge >= 0.3 is 6.03 Å². The summed E-state index contributed by atoms with van der Waals surface area (Å²) < 4.78 is 0. The fourth-order valence-corrected chi connectivity index (χ4v) is 5.61. The lowest BCUT2D eigenvalue weighted by molar-refractivity contribution is -0.0131. The van der Waals surface area contributed by atoms with Gasteiger partial charge in [-0.15, -0.1) is 0 Å². The van der Waals surface area contributed by atoms with Crippen molar-refractivity contribution in [1.29, 1.82) is 0 Å². The van der Waals surface area contributed by atoms with E-state index in [9.17, 15) is 4.79 Å². The van der Waals surface area contributed by atoms with Crippen molar-refractivity contribution in [3.8, 4) is 0 Å². The lowest BCUT2D eigenvalue weighted by Crippen LogP contribution is -2.62. The molecule has 22 heavy (non-hydrogen) atoms. The van der Waals surface area contributed by atoms with Crippen LogP contribution in [-0.2, 0) is 0 Å². The first-order valence-electron chi connectivity index (χ1n) is 8.82. The normalized spacial score (nSPS) is 35.4. The van der Waals surface area contributed by atoms with Gasteiger partial charge < -0.3 is 5.32 Å². The molecule has 4 bridgehead atoms. The average molecular weight is 298 g/mol. The molecule has 1 aromatic carbocycles. The fourth-order valence-electron chi connectivity index (χ4n) is 5.61. The van der Waals surface area contributed by atoms with Crippen LogP contribution < -0.4 is 10.2 Å². The fraction of sp³-hybridized carbons (Fsp3) is 0.632. The smallest absolute Gasteiger partial charge is 0.322 e. The molecule has 3 nitrogen and oxygen atoms in total. The van der Waals surface area contributed by atoms with E-state index in [4.69, 9.17) is 0 Å². The molecule has 0 aliphatic heterocycles. The lowest BCUT2D eigenvalue weighted by atomic mass is 9.53. The minimum atomic E-state index is 0.0913. The molecule has 118 valence electrons. The Morgan fingerprint density at radius 1 is 1.09 bits per heavy atom. The van der Waals surface area contributed by atoms with Gasteiger partial charge in [-0.05, 0) is 75.3 Å². The number of para-hydroxylation sites is 1. The van der Waals surface area contributed by atoms with E-state index in [0.717, 1.165) is 23.4 Å². The van der Waals surface area contributed by atoms with E-state index in [2.05, 4.69) is 5.32 Å². The number of urea groups is 1. The third-order valence-electron chi connectivity index (χ3n) is 6.04. The van der Waals surface area contributed by atoms with Crippen LogP contribution >= 0.6 is 0 Å². The van der Waals surface area contributed by atoms with Crippen molar-refractivity contribution in [2.24, 2.45) is 17.8 Å². The average Bonchev–Trinajstić information content (AvgIpc) is 2.47. The number of hydrogen-bond acceptors (Lipinski definition) is 1. The molecule has 0 unspecified atom stereocenters. The monoisotopic (exact) mass is 298 g/mol. The molecule has 1 aromatic rings. The van der Waals surface area contributed by atoms with Crippen LogP contribution in [0, 0.1) is 17.8 Å². The summed E-state index contributed by atoms with van der Waals surface area (Å²) in [4.78, 5) is 14.7. The zero-order chi connectivity index (χ0) is 15.2. The first kappa shape index (κ1) is 14.1. The minimum Gasteiger partial charge on any atom is -0.332 e. The molecular formula is C19H26N2O. The molecule has 3 heteroatoms. The molecule has 4 fully saturated rings. The topological polar surface area (TPSA) is 32.3 Å². The van der Waals surface area contributed by atoms with Crippen LogP contribution in [0.25, 0.3) is 0 Å². The molecule has 0 saturated heterocycles. The summed E-state index contributed by atoms with van der Waals surface area (Å²) in [6.45, 7) is 2.76. The second-order valence-corrected chi connectivity index (χ2v) is 7.71. The highest BCUT2D eigenvalue weighted by Crippen LogP contribution is 2.55. The maximum absolute atomic E-state index is 12.9. The van der Waals surface area contributed by atoms with Crippen LogP contribution in [-0.4, -0.2) is 18.1 Å². The van der Waals surface area contributed by atoms with Gasteiger partial charge in [0.1, 0.15) is 0 Å². The number of hydrogen-bond donors (Lipinski definition) is 1. The van der Waals surface area contributed by atoms with Crippen LogP contribution in [0.15, 0.2) is 30.3 Å². The van der Waals surface area contributed by atoms with Crippen molar-refractivity contribution in [2.45, 2.75) is 51.0 Å². The van der Waals surface area contributed by atoms with Gasteiger partial charge in [0.25, 0.3) is 0 Å². The van der Waals surface area contributed by atoms with Crippen molar-refractivity contribution in [1.82, 2.24) is 5.32 Å². The number of anilines is 1. The zero-order valence-corrected chi connectivity index (χ0v) is 13.4. The van der Waals surface area contributed by atoms with Gasteiger partial charge in [0.05, 0.1) is 0 Å². The Labute approximate surface area is 133 Å². The summed E-state index contributed by atoms with van der Waals surface area (Å²) in [6, 6.07) is 10.1. The molecule has 4 aliphatic carbocycles. The highest BCUT2D eigenvalue weighted by Gasteiger charge is 2.51. The summed E-state index contributed by atoms with van der Waals surface area (Å²) >= 11 is 0. The summed E-state index contributed by atoms with van der Waals surface area (Å²) in [6.07, 6.45) is 7.84. The number of rotatable bonds is 3. The van der Waals surface area contributed by atoms with E-state index in [0.29, 0.717) is 6.54 Å². The van der Waals surface area contributed by atoms with Crippen molar-refractivity contribution in [3.05, 3.63) is 30.3 Å². The molecule has 4 saturated carbocycles. The molecule has 2 amide bonds. The van der Waals surface area contributed by atoms with E-state index in [1.54, 1.807) is 0 Å². The standard InChI is InChI=1S/C19H26N2O/c1-2-21(17-6-4-3-5-7-17)18(22)20-19-11-14-8-15(12-19)10-16(9-14)13-19/h3-7,14-16H,2,8-13H2,1H3,(H,20,22). The van der Waals surface area contributed by atoms with E-state index >= 15 is 0 Å². The number of nitrogens with zero attached hydrogens (tertiary/aromatic N) is 1. The molecule has 0 aromatic heterocycles. The van der Waals surface area contributed by atoms with E-state index in [-0.39, 0.29) is 11.6 Å². The summed E-state index contributed by atoms with van der Waals surface area (Å²) in [5, 5.41) is 3.46. The molecule has 0 heterocycles. The number of amides is 2. The SMILES string of the molecule is CCN(C(=O)NC12CC3CC(CC(C3)C1)C2)c1ccccc1. The number of carbonyl (C=O) groups excluding carboxylic acids is 1. The summed E-state index contributed by atoms with van der Waals surface area (Å²) in [5.41, 5.74) is 1.08. The largest absolute Gasteiger partial charge is 0.332 e. The lowest BCUT2D eigenvalue weighted by Gasteiger charge is -2.57. The third kappa shape index (κ3) is 2.41. The number of nitrogens with one attached hydrogen (secondary N) is 1. The second kappa shape index (κ2) is 5.29. The Kier molecular flexibility index (Phi) is 3.39. The Balaban J connectivity index is 1.52. The highest BCUT2D eigenvalue weighted by molar-refractivity contribution is 5.92. The molecule has 0 spiro atoms. The number of benzene rings is 1. The van der Waals surface area contributed by atoms with Gasteiger partial charge in [0.15, 0.2) is 0 Å². The predicted molar refractivity (Wildman–Crippen MR) is 88.9 cm³/mol. The van der Waals surface area contributed by atoms with E-state index in [1.165, 1.54) is 38.5 Å². The van der Waals surface area contributed by atoms with Crippen molar-refractivity contribution < 1.29 is 4.79 Å². The minimum absolute atomic E-state index is 0.0913. The van der Waals surface area contributed by atoms with E-state index < -0.39 is 0 Å². The van der Waals surface area contributed by atoms with Crippen LogP contribution in [0.3, 0.4) is 0 Å². The van der Waals surface area contributed by atoms with Gasteiger partial charge in [-0.2, -0.15) is 0 Å². The Morgan fingerprint density at radius 2 is 1.64 bits per heavy atom. The second-order valence-electron chi connectivity index (χ2n) is 7.71. The Hall–Kier alpha value is -1.51. The van der Waals surface area contributed by atoms with Gasteiger partial charge in [-0.25, -0.2) is 4.79 Å². The summed E-state index contributed by atoms with van der Waals surface area (Å²) in [7, 11) is 0. The van der Waals surface area contributed by atoms with Crippen LogP contribution in [0.4, 0.5) is 10.5 Å². The van der Waals surface area contributed by atoms with Crippen LogP contribution in [0.5, 0.6) is 0 Å². The first-order chi connectivity index (χ1) is 10.7. The van der Waals surface area contributed by atoms with Gasteiger partial charge in [-0.1, -0.05) is 18.2 Å². The van der Waals surface area contributed by atoms with Crippen LogP contribution in [0.1, 0.15) is 45.4 Å². The zero-order valence-electron chi connectivity index (χ0n) is 13.4. The maximum atomic E-state index is 12.9. The van der Waals surface area contributed by atoms with Gasteiger partial charge in [0.2, 0.25) is 0 Å². The maximum Gasteiger partial charge on any atom is 0.322 e. The molecular weight excluding hydrogens is 272 g/mol. The van der Waals surface area contributed by atoms with Crippen molar-refractivity contribution >= 4 is 11.7 Å². The molecule has 0 atom stereocenters. The predicted octanol–water partition coefficient (Wildman–Crippen LogP) is 4.19. The van der Waals surface area contributed by atoms with Crippen LogP contribution in [0.2, 0.25) is 0 Å². The Morgan fingerprint density at radius 3 is 2.14 bits per heavy atom. The van der Waals surface area contributed by atoms with Crippen molar-refractivity contribution in [2.75, 3.05) is 11.4 Å². The number of carbonyl (C=O) groups is 1. The van der Waals surface area contributed by atoms with Gasteiger partial charge in [-0.3, -0.25) is 4.90 Å².